The van der Waals surface area contributed by atoms with Crippen LogP contribution in [0.15, 0.2) is 78.7 Å². The minimum atomic E-state index is -4.84. The molecular formula is C40H46N2O2. The molecule has 0 heterocycles. The lowest BCUT2D eigenvalue weighted by molar-refractivity contribution is -0.383. The predicted octanol–water partition coefficient (Wildman–Crippen LogP) is 11.4. The molecule has 0 saturated carbocycles. The van der Waals surface area contributed by atoms with Gasteiger partial charge in [-0.2, -0.15) is 0 Å². The zero-order valence-electron chi connectivity index (χ0n) is 60.3. The van der Waals surface area contributed by atoms with Gasteiger partial charge in [-0.1, -0.05) is 121 Å². The highest BCUT2D eigenvalue weighted by Gasteiger charge is 2.38. The van der Waals surface area contributed by atoms with Crippen molar-refractivity contribution in [3.8, 4) is 22.3 Å². The Hall–Kier alpha value is -3.92. The monoisotopic (exact) mass is 625 g/mol. The molecule has 4 aromatic rings. The zero-order chi connectivity index (χ0) is 64.0. The number of hydrogen-bond acceptors (Lipinski definition) is 3. The third-order valence-corrected chi connectivity index (χ3v) is 6.96. The number of fused-ring (bicyclic) bond motifs is 2. The first-order valence-corrected chi connectivity index (χ1v) is 12.7. The molecule has 1 N–H and O–H groups in total. The van der Waals surface area contributed by atoms with Crippen LogP contribution < -0.4 is 5.32 Å². The molecule has 4 nitrogen and oxygen atoms in total. The summed E-state index contributed by atoms with van der Waals surface area (Å²) in [5, 5.41) is 15.1. The van der Waals surface area contributed by atoms with E-state index in [1.165, 1.54) is 0 Å². The third kappa shape index (κ3) is 5.12. The molecule has 2 aliphatic rings. The molecule has 4 aromatic carbocycles. The molecule has 6 rings (SSSR count). The van der Waals surface area contributed by atoms with E-state index in [-0.39, 0.29) is 0 Å². The molecule has 2 aliphatic carbocycles. The first-order valence-electron chi connectivity index (χ1n) is 31.7. The van der Waals surface area contributed by atoms with Crippen molar-refractivity contribution >= 4 is 17.1 Å². The van der Waals surface area contributed by atoms with Crippen molar-refractivity contribution in [2.45, 2.75) is 102 Å². The number of para-hydroxylation sites is 3. The highest BCUT2D eigenvalue weighted by molar-refractivity contribution is 5.94. The van der Waals surface area contributed by atoms with E-state index in [1.807, 2.05) is 0 Å². The van der Waals surface area contributed by atoms with Crippen molar-refractivity contribution in [3.05, 3.63) is 111 Å². The molecular weight excluding hydrogens is 540 g/mol. The summed E-state index contributed by atoms with van der Waals surface area (Å²) in [6, 6.07) is -4.68. The van der Waals surface area contributed by atoms with E-state index in [2.05, 4.69) is 5.32 Å². The van der Waals surface area contributed by atoms with Gasteiger partial charge < -0.3 is 5.32 Å². The average molecular weight is 625 g/mol. The average Bonchev–Trinajstić information content (AvgIpc) is 1.19. The normalized spacial score (nSPS) is 38.5. The maximum Gasteiger partial charge on any atom is 0.292 e. The molecule has 0 atom stereocenters. The van der Waals surface area contributed by atoms with E-state index in [0.29, 0.717) is 0 Å². The Kier molecular flexibility index (Phi) is 2.08. The van der Waals surface area contributed by atoms with Gasteiger partial charge in [0, 0.05) is 61.1 Å². The van der Waals surface area contributed by atoms with Gasteiger partial charge in [-0.3, -0.25) is 10.1 Å². The lowest BCUT2D eigenvalue weighted by Crippen LogP contribution is -2.33. The standard InChI is InChI=1S/C40H46N2O2/c1-37(2)20-22-39(5,6)32-24-26(16-18-30(32)37)28-12-11-13-29(36(28)41-34-14-9-10-15-35(34)42(43)44)27-17-19-31-33(25-27)40(7,8)23-21-38(31,3)4/h9-19,24-25,41H,20-23H2,1-8H3/i1D3,2D3,3D3,4D3,5D3,6D3,7D3,8D3,16D,17D,18D,19D,20D2,21D2,22D2,23D2,24D,25D. The zero-order valence-corrected chi connectivity index (χ0v) is 22.3. The van der Waals surface area contributed by atoms with E-state index in [0.717, 1.165) is 42.5 Å². The summed E-state index contributed by atoms with van der Waals surface area (Å²) < 4.78 is 339. The summed E-state index contributed by atoms with van der Waals surface area (Å²) >= 11 is 0. The fourth-order valence-electron chi connectivity index (χ4n) is 4.81. The van der Waals surface area contributed by atoms with Gasteiger partial charge in [0.15, 0.2) is 0 Å². The predicted molar refractivity (Wildman–Crippen MR) is 184 cm³/mol. The number of nitrogens with one attached hydrogen (secondary N) is 1. The second kappa shape index (κ2) is 10.3. The Balaban J connectivity index is 2.08. The Bertz CT molecular complexity index is 3050. The number of rotatable bonds is 5. The van der Waals surface area contributed by atoms with Gasteiger partial charge >= 0.3 is 0 Å². The van der Waals surface area contributed by atoms with Crippen LogP contribution in [-0.4, -0.2) is 4.92 Å². The summed E-state index contributed by atoms with van der Waals surface area (Å²) in [6.45, 7) is -36.3. The van der Waals surface area contributed by atoms with E-state index in [4.69, 9.17) is 38.4 Å². The first kappa shape index (κ1) is 8.87. The van der Waals surface area contributed by atoms with Crippen LogP contribution >= 0.6 is 0 Å². The molecule has 4 heteroatoms. The van der Waals surface area contributed by atoms with Gasteiger partial charge in [0.05, 0.1) is 18.8 Å². The van der Waals surface area contributed by atoms with Gasteiger partial charge in [-0.05, 0) is 86.6 Å². The quantitative estimate of drug-likeness (QED) is 0.177. The second-order valence-corrected chi connectivity index (χ2v) is 10.1. The van der Waals surface area contributed by atoms with Gasteiger partial charge in [-0.25, -0.2) is 0 Å². The van der Waals surface area contributed by atoms with Gasteiger partial charge in [0.25, 0.3) is 5.69 Å². The molecule has 0 unspecified atom stereocenters. The molecule has 44 heavy (non-hydrogen) atoms. The van der Waals surface area contributed by atoms with E-state index in [9.17, 15) is 23.8 Å². The van der Waals surface area contributed by atoms with E-state index < -0.39 is 205 Å². The molecule has 0 fully saturated rings. The van der Waals surface area contributed by atoms with E-state index in [1.54, 1.807) is 0 Å². The maximum atomic E-state index is 12.6. The molecule has 0 aromatic heterocycles. The van der Waals surface area contributed by atoms with Crippen LogP contribution in [0.3, 0.4) is 0 Å². The molecule has 0 spiro atoms. The lowest BCUT2D eigenvalue weighted by atomic mass is 9.62. The van der Waals surface area contributed by atoms with E-state index >= 15 is 0 Å². The highest BCUT2D eigenvalue weighted by Crippen LogP contribution is 2.50. The van der Waals surface area contributed by atoms with Crippen molar-refractivity contribution in [3.63, 3.8) is 0 Å². The van der Waals surface area contributed by atoms with Crippen LogP contribution in [0.4, 0.5) is 17.1 Å². The molecule has 0 aliphatic heterocycles. The van der Waals surface area contributed by atoms with Gasteiger partial charge in [-0.15, -0.1) is 0 Å². The smallest absolute Gasteiger partial charge is 0.292 e. The van der Waals surface area contributed by atoms with Gasteiger partial charge in [0.1, 0.15) is 5.69 Å². The fourth-order valence-corrected chi connectivity index (χ4v) is 4.81. The number of hydrogen-bond donors (Lipinski definition) is 1. The highest BCUT2D eigenvalue weighted by atomic mass is 16.6. The number of benzene rings is 4. The Labute approximate surface area is 316 Å². The molecule has 0 bridgehead atoms. The molecule has 228 valence electrons. The van der Waals surface area contributed by atoms with Crippen LogP contribution in [0.5, 0.6) is 0 Å². The minimum absolute atomic E-state index is 0.728. The van der Waals surface area contributed by atoms with Gasteiger partial charge in [0.2, 0.25) is 0 Å². The fraction of sp³-hybridized carbons (Fsp3) is 0.400. The van der Waals surface area contributed by atoms with Crippen LogP contribution in [0.2, 0.25) is 0 Å². The van der Waals surface area contributed by atoms with Crippen molar-refractivity contribution in [2.75, 3.05) is 5.32 Å². The Morgan fingerprint density at radius 1 is 0.682 bits per heavy atom. The SMILES string of the molecule is [2H]c1c([2H])c2c(c([2H])c1-c1cccc(-c3c([2H])c([2H])c4c(c3[2H])C(C([2H])([2H])[2H])(C([2H])([2H])[2H])C([2H])([2H])C([2H])([2H])C4(C([2H])([2H])[2H])C([2H])([2H])[2H])c1Nc1ccccc1[N+](=O)[O-])C(C([2H])([2H])[2H])(C([2H])([2H])[2H])C([2H])([2H])C([2H])([2H])C2(C([2H])([2H])[2H])C([2H])([2H])[2H]. The number of anilines is 2. The van der Waals surface area contributed by atoms with Crippen LogP contribution in [0, 0.1) is 10.1 Å². The summed E-state index contributed by atoms with van der Waals surface area (Å²) in [4.78, 5) is 11.6. The Morgan fingerprint density at radius 3 is 1.59 bits per heavy atom. The first-order chi connectivity index (χ1) is 36.2. The van der Waals surface area contributed by atoms with Crippen molar-refractivity contribution in [2.24, 2.45) is 0 Å². The maximum absolute atomic E-state index is 12.6. The van der Waals surface area contributed by atoms with Crippen LogP contribution in [-0.2, 0) is 21.7 Å². The van der Waals surface area contributed by atoms with Crippen molar-refractivity contribution in [1.29, 1.82) is 0 Å². The summed E-state index contributed by atoms with van der Waals surface area (Å²) in [5.41, 5.74) is -34.2. The number of nitro benzene ring substituents is 1. The number of nitrogens with zero attached hydrogens (tertiary/aromatic N) is 1. The van der Waals surface area contributed by atoms with Crippen molar-refractivity contribution < 1.29 is 57.0 Å². The topological polar surface area (TPSA) is 55.2 Å². The van der Waals surface area contributed by atoms with Crippen molar-refractivity contribution in [1.82, 2.24) is 0 Å². The molecule has 0 amide bonds. The lowest BCUT2D eigenvalue weighted by Gasteiger charge is -2.42. The summed E-state index contributed by atoms with van der Waals surface area (Å²) in [6.07, 6.45) is -19.2. The summed E-state index contributed by atoms with van der Waals surface area (Å²) in [7, 11) is 0. The third-order valence-electron chi connectivity index (χ3n) is 6.96. The molecule has 0 radical (unpaired) electrons. The minimum Gasteiger partial charge on any atom is -0.349 e. The second-order valence-electron chi connectivity index (χ2n) is 10.1. The van der Waals surface area contributed by atoms with Crippen LogP contribution in [0.1, 0.15) is 155 Å². The van der Waals surface area contributed by atoms with Crippen LogP contribution in [0.25, 0.3) is 22.3 Å². The number of nitro groups is 1. The summed E-state index contributed by atoms with van der Waals surface area (Å²) in [5.74, 6) is 0. The Morgan fingerprint density at radius 2 is 1.14 bits per heavy atom. The molecule has 0 saturated heterocycles. The largest absolute Gasteiger partial charge is 0.349 e.